The number of rotatable bonds is 2. The summed E-state index contributed by atoms with van der Waals surface area (Å²) in [4.78, 5) is 11.5. The summed E-state index contributed by atoms with van der Waals surface area (Å²) in [6.45, 7) is 0.126. The molecular formula is C13H9FN2O. The predicted molar refractivity (Wildman–Crippen MR) is 60.9 cm³/mol. The number of halogens is 1. The molecule has 0 radical (unpaired) electrons. The van der Waals surface area contributed by atoms with E-state index in [0.29, 0.717) is 5.56 Å². The van der Waals surface area contributed by atoms with Gasteiger partial charge in [0.2, 0.25) is 0 Å². The zero-order valence-corrected chi connectivity index (χ0v) is 8.93. The maximum absolute atomic E-state index is 13.8. The molecule has 0 saturated carbocycles. The number of hydrogen-bond acceptors (Lipinski definition) is 2. The Labute approximate surface area is 97.4 Å². The molecule has 2 aromatic rings. The van der Waals surface area contributed by atoms with Crippen molar-refractivity contribution in [2.45, 2.75) is 6.54 Å². The van der Waals surface area contributed by atoms with Crippen LogP contribution >= 0.6 is 0 Å². The fourth-order valence-corrected chi connectivity index (χ4v) is 1.56. The SMILES string of the molecule is N#Cc1cccc(Cn2ccccc2=O)c1F. The summed E-state index contributed by atoms with van der Waals surface area (Å²) in [5.74, 6) is -0.564. The second kappa shape index (κ2) is 4.62. The van der Waals surface area contributed by atoms with Crippen LogP contribution < -0.4 is 5.56 Å². The number of nitrogens with zero attached hydrogens (tertiary/aromatic N) is 2. The van der Waals surface area contributed by atoms with Crippen molar-refractivity contribution in [1.29, 1.82) is 5.26 Å². The average Bonchev–Trinajstić information content (AvgIpc) is 2.34. The molecule has 0 amide bonds. The molecule has 0 unspecified atom stereocenters. The third-order valence-electron chi connectivity index (χ3n) is 2.44. The predicted octanol–water partition coefficient (Wildman–Crippen LogP) is 1.91. The lowest BCUT2D eigenvalue weighted by Gasteiger charge is -2.06. The van der Waals surface area contributed by atoms with Crippen LogP contribution in [0.3, 0.4) is 0 Å². The van der Waals surface area contributed by atoms with E-state index in [4.69, 9.17) is 5.26 Å². The summed E-state index contributed by atoms with van der Waals surface area (Å²) in [5.41, 5.74) is 0.123. The van der Waals surface area contributed by atoms with Crippen molar-refractivity contribution in [2.75, 3.05) is 0 Å². The highest BCUT2D eigenvalue weighted by Crippen LogP contribution is 2.12. The first-order chi connectivity index (χ1) is 8.22. The minimum atomic E-state index is -0.564. The fraction of sp³-hybridized carbons (Fsp3) is 0.0769. The van der Waals surface area contributed by atoms with Gasteiger partial charge in [0.15, 0.2) is 0 Å². The van der Waals surface area contributed by atoms with Crippen LogP contribution in [0, 0.1) is 17.1 Å². The Bertz CT molecular complexity index is 640. The number of nitriles is 1. The Morgan fingerprint density at radius 2 is 2.06 bits per heavy atom. The van der Waals surface area contributed by atoms with E-state index in [1.54, 1.807) is 36.5 Å². The van der Waals surface area contributed by atoms with Crippen molar-refractivity contribution in [3.63, 3.8) is 0 Å². The normalized spacial score (nSPS) is 9.88. The number of hydrogen-bond donors (Lipinski definition) is 0. The maximum Gasteiger partial charge on any atom is 0.250 e. The van der Waals surface area contributed by atoms with E-state index in [2.05, 4.69) is 0 Å². The molecule has 0 spiro atoms. The Morgan fingerprint density at radius 1 is 1.24 bits per heavy atom. The Kier molecular flexibility index (Phi) is 3.01. The zero-order valence-electron chi connectivity index (χ0n) is 8.93. The van der Waals surface area contributed by atoms with E-state index in [1.165, 1.54) is 16.7 Å². The number of benzene rings is 1. The second-order valence-corrected chi connectivity index (χ2v) is 3.56. The van der Waals surface area contributed by atoms with Gasteiger partial charge in [-0.25, -0.2) is 4.39 Å². The van der Waals surface area contributed by atoms with Gasteiger partial charge in [-0.3, -0.25) is 4.79 Å². The molecule has 0 aliphatic rings. The van der Waals surface area contributed by atoms with Crippen LogP contribution in [0.25, 0.3) is 0 Å². The lowest BCUT2D eigenvalue weighted by Crippen LogP contribution is -2.19. The minimum absolute atomic E-state index is 0.00789. The molecule has 17 heavy (non-hydrogen) atoms. The first-order valence-electron chi connectivity index (χ1n) is 5.05. The summed E-state index contributed by atoms with van der Waals surface area (Å²) in [6, 6.07) is 11.1. The zero-order chi connectivity index (χ0) is 12.3. The highest BCUT2D eigenvalue weighted by molar-refractivity contribution is 5.35. The van der Waals surface area contributed by atoms with Crippen LogP contribution in [0.4, 0.5) is 4.39 Å². The van der Waals surface area contributed by atoms with Crippen LogP contribution in [-0.4, -0.2) is 4.57 Å². The van der Waals surface area contributed by atoms with E-state index in [9.17, 15) is 9.18 Å². The lowest BCUT2D eigenvalue weighted by molar-refractivity contribution is 0.593. The molecule has 4 heteroatoms. The molecule has 1 aromatic carbocycles. The first-order valence-corrected chi connectivity index (χ1v) is 5.05. The van der Waals surface area contributed by atoms with Crippen molar-refractivity contribution in [1.82, 2.24) is 4.57 Å². The number of aromatic nitrogens is 1. The van der Waals surface area contributed by atoms with Crippen LogP contribution in [0.15, 0.2) is 47.4 Å². The van der Waals surface area contributed by atoms with Gasteiger partial charge >= 0.3 is 0 Å². The van der Waals surface area contributed by atoms with Crippen molar-refractivity contribution in [3.05, 3.63) is 69.9 Å². The van der Waals surface area contributed by atoms with Crippen molar-refractivity contribution < 1.29 is 4.39 Å². The highest BCUT2D eigenvalue weighted by atomic mass is 19.1. The smallest absolute Gasteiger partial charge is 0.250 e. The molecule has 0 bridgehead atoms. The van der Waals surface area contributed by atoms with Crippen LogP contribution in [-0.2, 0) is 6.54 Å². The summed E-state index contributed by atoms with van der Waals surface area (Å²) in [5, 5.41) is 8.71. The van der Waals surface area contributed by atoms with Gasteiger partial charge in [0.25, 0.3) is 5.56 Å². The molecule has 1 heterocycles. The molecule has 0 fully saturated rings. The molecule has 3 nitrogen and oxygen atoms in total. The van der Waals surface area contributed by atoms with Crippen LogP contribution in [0.5, 0.6) is 0 Å². The quantitative estimate of drug-likeness (QED) is 0.788. The first kappa shape index (κ1) is 11.1. The van der Waals surface area contributed by atoms with Gasteiger partial charge in [0.05, 0.1) is 12.1 Å². The third kappa shape index (κ3) is 2.23. The Morgan fingerprint density at radius 3 is 2.76 bits per heavy atom. The maximum atomic E-state index is 13.8. The van der Waals surface area contributed by atoms with Crippen molar-refractivity contribution in [3.8, 4) is 6.07 Å². The summed E-state index contributed by atoms with van der Waals surface area (Å²) in [7, 11) is 0. The molecule has 0 atom stereocenters. The van der Waals surface area contributed by atoms with Crippen LogP contribution in [0.2, 0.25) is 0 Å². The molecule has 0 aliphatic heterocycles. The lowest BCUT2D eigenvalue weighted by atomic mass is 10.1. The van der Waals surface area contributed by atoms with Gasteiger partial charge in [-0.2, -0.15) is 5.26 Å². The van der Waals surface area contributed by atoms with E-state index < -0.39 is 5.82 Å². The van der Waals surface area contributed by atoms with E-state index in [-0.39, 0.29) is 17.7 Å². The Balaban J connectivity index is 2.42. The van der Waals surface area contributed by atoms with Gasteiger partial charge in [0, 0.05) is 17.8 Å². The van der Waals surface area contributed by atoms with Crippen molar-refractivity contribution >= 4 is 0 Å². The summed E-state index contributed by atoms with van der Waals surface area (Å²) < 4.78 is 15.1. The second-order valence-electron chi connectivity index (χ2n) is 3.56. The molecule has 0 N–H and O–H groups in total. The van der Waals surface area contributed by atoms with E-state index in [1.807, 2.05) is 0 Å². The molecule has 2 rings (SSSR count). The third-order valence-corrected chi connectivity index (χ3v) is 2.44. The van der Waals surface area contributed by atoms with E-state index in [0.717, 1.165) is 0 Å². The van der Waals surface area contributed by atoms with Gasteiger partial charge in [-0.05, 0) is 12.1 Å². The molecule has 84 valence electrons. The summed E-state index contributed by atoms with van der Waals surface area (Å²) in [6.07, 6.45) is 1.58. The monoisotopic (exact) mass is 228 g/mol. The minimum Gasteiger partial charge on any atom is -0.311 e. The van der Waals surface area contributed by atoms with Gasteiger partial charge in [-0.1, -0.05) is 18.2 Å². The Hall–Kier alpha value is -2.41. The van der Waals surface area contributed by atoms with Gasteiger partial charge in [-0.15, -0.1) is 0 Å². The van der Waals surface area contributed by atoms with Crippen molar-refractivity contribution in [2.24, 2.45) is 0 Å². The number of pyridine rings is 1. The highest BCUT2D eigenvalue weighted by Gasteiger charge is 2.08. The standard InChI is InChI=1S/C13H9FN2O/c14-13-10(8-15)4-3-5-11(13)9-16-7-2-1-6-12(16)17/h1-7H,9H2. The topological polar surface area (TPSA) is 45.8 Å². The fourth-order valence-electron chi connectivity index (χ4n) is 1.56. The molecule has 1 aromatic heterocycles. The average molecular weight is 228 g/mol. The van der Waals surface area contributed by atoms with E-state index >= 15 is 0 Å². The molecule has 0 saturated heterocycles. The molecule has 0 aliphatic carbocycles. The largest absolute Gasteiger partial charge is 0.311 e. The van der Waals surface area contributed by atoms with Crippen LogP contribution in [0.1, 0.15) is 11.1 Å². The molecular weight excluding hydrogens is 219 g/mol. The van der Waals surface area contributed by atoms with Gasteiger partial charge in [0.1, 0.15) is 11.9 Å². The summed E-state index contributed by atoms with van der Waals surface area (Å²) >= 11 is 0. The van der Waals surface area contributed by atoms with Gasteiger partial charge < -0.3 is 4.57 Å².